The average molecular weight is 268 g/mol. The van der Waals surface area contributed by atoms with Crippen molar-refractivity contribution in [1.29, 1.82) is 0 Å². The Kier molecular flexibility index (Phi) is 3.65. The van der Waals surface area contributed by atoms with Crippen LogP contribution in [0.15, 0.2) is 29.4 Å². The fourth-order valence-corrected chi connectivity index (χ4v) is 2.60. The van der Waals surface area contributed by atoms with E-state index in [1.807, 2.05) is 28.9 Å². The van der Waals surface area contributed by atoms with Gasteiger partial charge in [0.15, 0.2) is 0 Å². The van der Waals surface area contributed by atoms with Crippen LogP contribution in [0, 0.1) is 0 Å². The van der Waals surface area contributed by atoms with E-state index in [-0.39, 0.29) is 0 Å². The summed E-state index contributed by atoms with van der Waals surface area (Å²) in [6.07, 6.45) is 5.75. The number of hydrogen-bond donors (Lipinski definition) is 0. The van der Waals surface area contributed by atoms with Crippen molar-refractivity contribution in [3.63, 3.8) is 0 Å². The lowest BCUT2D eigenvalue weighted by Gasteiger charge is -2.06. The summed E-state index contributed by atoms with van der Waals surface area (Å²) < 4.78 is 1.94. The maximum atomic E-state index is 8.33. The summed E-state index contributed by atoms with van der Waals surface area (Å²) in [5.74, 6) is 0. The second-order valence-electron chi connectivity index (χ2n) is 5.01. The Morgan fingerprint density at radius 3 is 2.75 bits per heavy atom. The Hall–Kier alpha value is -2.33. The Morgan fingerprint density at radius 1 is 1.15 bits per heavy atom. The fourth-order valence-electron chi connectivity index (χ4n) is 2.60. The molecule has 1 aliphatic carbocycles. The van der Waals surface area contributed by atoms with E-state index < -0.39 is 0 Å². The quantitative estimate of drug-likeness (QED) is 0.370. The van der Waals surface area contributed by atoms with Gasteiger partial charge in [-0.1, -0.05) is 28.9 Å². The average Bonchev–Trinajstić information content (AvgIpc) is 2.74. The molecule has 0 aliphatic heterocycles. The standard InChI is InChI=1S/C14H16N6/c15-18-16-10-11-6-8-12(9-7-11)20-14-5-3-1-2-4-13(14)17-19-20/h6-9H,1-5,10H2. The molecule has 0 bridgehead atoms. The number of benzene rings is 1. The second-order valence-corrected chi connectivity index (χ2v) is 5.01. The van der Waals surface area contributed by atoms with Crippen molar-refractivity contribution >= 4 is 0 Å². The number of fused-ring (bicyclic) bond motifs is 1. The van der Waals surface area contributed by atoms with Crippen molar-refractivity contribution in [3.05, 3.63) is 51.7 Å². The molecule has 102 valence electrons. The molecule has 0 saturated heterocycles. The summed E-state index contributed by atoms with van der Waals surface area (Å²) in [5.41, 5.74) is 12.7. The number of aryl methyl sites for hydroxylation is 1. The van der Waals surface area contributed by atoms with Crippen molar-refractivity contribution < 1.29 is 0 Å². The molecule has 0 N–H and O–H groups in total. The van der Waals surface area contributed by atoms with Crippen LogP contribution in [0.25, 0.3) is 16.1 Å². The van der Waals surface area contributed by atoms with Crippen LogP contribution >= 0.6 is 0 Å². The highest BCUT2D eigenvalue weighted by Crippen LogP contribution is 2.21. The maximum Gasteiger partial charge on any atom is 0.0863 e. The first-order valence-electron chi connectivity index (χ1n) is 6.92. The minimum absolute atomic E-state index is 0.381. The van der Waals surface area contributed by atoms with E-state index in [4.69, 9.17) is 5.53 Å². The molecule has 1 aromatic carbocycles. The van der Waals surface area contributed by atoms with E-state index in [1.54, 1.807) is 0 Å². The zero-order valence-corrected chi connectivity index (χ0v) is 11.2. The molecule has 0 spiro atoms. The van der Waals surface area contributed by atoms with Crippen molar-refractivity contribution in [2.75, 3.05) is 0 Å². The molecular formula is C14H16N6. The number of hydrogen-bond acceptors (Lipinski definition) is 3. The Morgan fingerprint density at radius 2 is 1.95 bits per heavy atom. The summed E-state index contributed by atoms with van der Waals surface area (Å²) in [6.45, 7) is 0.381. The molecule has 3 rings (SSSR count). The third-order valence-corrected chi connectivity index (χ3v) is 3.67. The van der Waals surface area contributed by atoms with Gasteiger partial charge in [-0.2, -0.15) is 0 Å². The number of nitrogens with zero attached hydrogens (tertiary/aromatic N) is 6. The third kappa shape index (κ3) is 2.51. The molecule has 0 amide bonds. The normalized spacial score (nSPS) is 14.2. The van der Waals surface area contributed by atoms with Crippen LogP contribution in [0.4, 0.5) is 0 Å². The van der Waals surface area contributed by atoms with Crippen molar-refractivity contribution in [1.82, 2.24) is 15.0 Å². The van der Waals surface area contributed by atoms with Crippen LogP contribution in [-0.4, -0.2) is 15.0 Å². The number of aromatic nitrogens is 3. The smallest absolute Gasteiger partial charge is 0.0863 e. The summed E-state index contributed by atoms with van der Waals surface area (Å²) in [5, 5.41) is 12.2. The first-order chi connectivity index (χ1) is 9.88. The zero-order chi connectivity index (χ0) is 13.8. The largest absolute Gasteiger partial charge is 0.217 e. The SMILES string of the molecule is [N-]=[N+]=NCc1ccc(-n2nnc3c2CCCCC3)cc1. The van der Waals surface area contributed by atoms with Gasteiger partial charge in [0.2, 0.25) is 0 Å². The van der Waals surface area contributed by atoms with Gasteiger partial charge < -0.3 is 0 Å². The van der Waals surface area contributed by atoms with Crippen molar-refractivity contribution in [2.45, 2.75) is 38.6 Å². The minimum Gasteiger partial charge on any atom is -0.217 e. The van der Waals surface area contributed by atoms with Gasteiger partial charge in [-0.3, -0.25) is 0 Å². The van der Waals surface area contributed by atoms with Crippen molar-refractivity contribution in [3.8, 4) is 5.69 Å². The highest BCUT2D eigenvalue weighted by atomic mass is 15.4. The van der Waals surface area contributed by atoms with Crippen LogP contribution in [0.1, 0.15) is 36.2 Å². The van der Waals surface area contributed by atoms with Crippen LogP contribution in [0.3, 0.4) is 0 Å². The lowest BCUT2D eigenvalue weighted by atomic mass is 10.2. The van der Waals surface area contributed by atoms with E-state index in [1.165, 1.54) is 25.0 Å². The topological polar surface area (TPSA) is 79.5 Å². The summed E-state index contributed by atoms with van der Waals surface area (Å²) in [4.78, 5) is 2.77. The lowest BCUT2D eigenvalue weighted by Crippen LogP contribution is -2.03. The van der Waals surface area contributed by atoms with E-state index in [0.717, 1.165) is 29.8 Å². The fraction of sp³-hybridized carbons (Fsp3) is 0.429. The van der Waals surface area contributed by atoms with Crippen LogP contribution in [0.2, 0.25) is 0 Å². The van der Waals surface area contributed by atoms with Crippen LogP contribution < -0.4 is 0 Å². The summed E-state index contributed by atoms with van der Waals surface area (Å²) in [6, 6.07) is 7.94. The predicted octanol–water partition coefficient (Wildman–Crippen LogP) is 3.35. The van der Waals surface area contributed by atoms with E-state index in [0.29, 0.717) is 6.54 Å². The van der Waals surface area contributed by atoms with Gasteiger partial charge in [0.25, 0.3) is 0 Å². The van der Waals surface area contributed by atoms with Gasteiger partial charge in [0, 0.05) is 4.91 Å². The molecule has 20 heavy (non-hydrogen) atoms. The van der Waals surface area contributed by atoms with E-state index >= 15 is 0 Å². The van der Waals surface area contributed by atoms with Crippen LogP contribution in [-0.2, 0) is 19.4 Å². The summed E-state index contributed by atoms with van der Waals surface area (Å²) in [7, 11) is 0. The maximum absolute atomic E-state index is 8.33. The van der Waals surface area contributed by atoms with E-state index in [2.05, 4.69) is 20.3 Å². The molecule has 1 heterocycles. The molecule has 0 fully saturated rings. The number of rotatable bonds is 3. The van der Waals surface area contributed by atoms with E-state index in [9.17, 15) is 0 Å². The highest BCUT2D eigenvalue weighted by molar-refractivity contribution is 5.36. The van der Waals surface area contributed by atoms with Crippen molar-refractivity contribution in [2.24, 2.45) is 5.11 Å². The molecule has 6 heteroatoms. The monoisotopic (exact) mass is 268 g/mol. The molecule has 1 aromatic heterocycles. The first-order valence-corrected chi connectivity index (χ1v) is 6.92. The van der Waals surface area contributed by atoms with Gasteiger partial charge in [-0.25, -0.2) is 4.68 Å². The van der Waals surface area contributed by atoms with Gasteiger partial charge >= 0.3 is 0 Å². The molecule has 0 atom stereocenters. The van der Waals surface area contributed by atoms with Gasteiger partial charge in [0.1, 0.15) is 0 Å². The molecule has 0 saturated carbocycles. The summed E-state index contributed by atoms with van der Waals surface area (Å²) >= 11 is 0. The van der Waals surface area contributed by atoms with Crippen LogP contribution in [0.5, 0.6) is 0 Å². The molecule has 1 aliphatic rings. The minimum atomic E-state index is 0.381. The Bertz CT molecular complexity index is 636. The molecule has 0 unspecified atom stereocenters. The molecule has 6 nitrogen and oxygen atoms in total. The third-order valence-electron chi connectivity index (χ3n) is 3.67. The number of azide groups is 1. The molecule has 2 aromatic rings. The molecule has 0 radical (unpaired) electrons. The lowest BCUT2D eigenvalue weighted by molar-refractivity contribution is 0.670. The second kappa shape index (κ2) is 5.75. The zero-order valence-electron chi connectivity index (χ0n) is 11.2. The van der Waals surface area contributed by atoms with Gasteiger partial charge in [0.05, 0.1) is 23.6 Å². The predicted molar refractivity (Wildman–Crippen MR) is 75.5 cm³/mol. The highest BCUT2D eigenvalue weighted by Gasteiger charge is 2.16. The first kappa shape index (κ1) is 12.7. The molecular weight excluding hydrogens is 252 g/mol. The van der Waals surface area contributed by atoms with Gasteiger partial charge in [-0.05, 0) is 48.9 Å². The Balaban J connectivity index is 1.89. The van der Waals surface area contributed by atoms with Gasteiger partial charge in [-0.15, -0.1) is 5.10 Å². The Labute approximate surface area is 117 Å².